The summed E-state index contributed by atoms with van der Waals surface area (Å²) in [6, 6.07) is 17.7. The van der Waals surface area contributed by atoms with E-state index in [9.17, 15) is 14.9 Å². The number of methoxy groups -OCH3 is 1. The number of aromatic nitrogens is 1. The van der Waals surface area contributed by atoms with E-state index < -0.39 is 10.8 Å². The van der Waals surface area contributed by atoms with Gasteiger partial charge >= 0.3 is 0 Å². The van der Waals surface area contributed by atoms with Gasteiger partial charge in [0.05, 0.1) is 52.4 Å². The fourth-order valence-corrected chi connectivity index (χ4v) is 4.99. The highest BCUT2D eigenvalue weighted by Gasteiger charge is 2.23. The summed E-state index contributed by atoms with van der Waals surface area (Å²) in [5.74, 6) is 0.0107. The summed E-state index contributed by atoms with van der Waals surface area (Å²) in [5.41, 5.74) is 2.87. The number of nitro benzene ring substituents is 1. The molecule has 0 spiro atoms. The minimum Gasteiger partial charge on any atom is -0.495 e. The van der Waals surface area contributed by atoms with Crippen molar-refractivity contribution in [1.82, 2.24) is 4.98 Å². The Labute approximate surface area is 205 Å². The highest BCUT2D eigenvalue weighted by atomic mass is 32.1. The van der Waals surface area contributed by atoms with Crippen LogP contribution in [0.3, 0.4) is 0 Å². The first kappa shape index (κ1) is 22.8. The van der Waals surface area contributed by atoms with Gasteiger partial charge in [-0.25, -0.2) is 4.98 Å². The zero-order valence-corrected chi connectivity index (χ0v) is 19.7. The van der Waals surface area contributed by atoms with Crippen molar-refractivity contribution in [2.45, 2.75) is 0 Å². The van der Waals surface area contributed by atoms with Crippen LogP contribution >= 0.6 is 11.3 Å². The molecule has 3 aromatic carbocycles. The lowest BCUT2D eigenvalue weighted by molar-refractivity contribution is -0.384. The molecule has 0 unspecified atom stereocenters. The molecule has 0 radical (unpaired) electrons. The van der Waals surface area contributed by atoms with Crippen LogP contribution in [0.15, 0.2) is 60.7 Å². The largest absolute Gasteiger partial charge is 0.495 e. The number of carbonyl (C=O) groups is 1. The third kappa shape index (κ3) is 4.66. The molecule has 1 aromatic heterocycles. The molecule has 1 fully saturated rings. The smallest absolute Gasteiger partial charge is 0.270 e. The zero-order chi connectivity index (χ0) is 24.4. The van der Waals surface area contributed by atoms with Crippen molar-refractivity contribution in [3.63, 3.8) is 0 Å². The fourth-order valence-electron chi connectivity index (χ4n) is 4.02. The van der Waals surface area contributed by atoms with Crippen LogP contribution in [0, 0.1) is 10.1 Å². The molecule has 1 aliphatic rings. The number of amides is 1. The average Bonchev–Trinajstić information content (AvgIpc) is 3.33. The van der Waals surface area contributed by atoms with E-state index in [1.807, 2.05) is 35.2 Å². The van der Waals surface area contributed by atoms with E-state index in [1.165, 1.54) is 19.2 Å². The van der Waals surface area contributed by atoms with E-state index in [0.717, 1.165) is 20.8 Å². The van der Waals surface area contributed by atoms with Crippen LogP contribution in [-0.2, 0) is 4.74 Å². The lowest BCUT2D eigenvalue weighted by Gasteiger charge is -2.30. The number of thiazole rings is 1. The SMILES string of the molecule is COc1ccc(-c2nc3ccccc3s2)cc1NC(=O)c1cc([N+](=O)[O-])ccc1N1CCOCC1. The molecular weight excluding hydrogens is 468 g/mol. The van der Waals surface area contributed by atoms with Crippen molar-refractivity contribution >= 4 is 44.5 Å². The van der Waals surface area contributed by atoms with E-state index in [1.54, 1.807) is 29.5 Å². The summed E-state index contributed by atoms with van der Waals surface area (Å²) in [6.45, 7) is 2.23. The Morgan fingerprint density at radius 1 is 1.14 bits per heavy atom. The van der Waals surface area contributed by atoms with E-state index >= 15 is 0 Å². The third-order valence-electron chi connectivity index (χ3n) is 5.78. The van der Waals surface area contributed by atoms with Gasteiger partial charge in [-0.05, 0) is 36.4 Å². The van der Waals surface area contributed by atoms with E-state index in [2.05, 4.69) is 5.32 Å². The van der Waals surface area contributed by atoms with Crippen molar-refractivity contribution < 1.29 is 19.2 Å². The second-order valence-corrected chi connectivity index (χ2v) is 8.94. The molecule has 1 aliphatic heterocycles. The molecule has 4 aromatic rings. The Bertz CT molecular complexity index is 1380. The summed E-state index contributed by atoms with van der Waals surface area (Å²) in [4.78, 5) is 31.0. The van der Waals surface area contributed by atoms with Crippen LogP contribution in [0.5, 0.6) is 5.75 Å². The molecule has 35 heavy (non-hydrogen) atoms. The van der Waals surface area contributed by atoms with Gasteiger partial charge in [0.25, 0.3) is 11.6 Å². The Hall–Kier alpha value is -4.02. The molecule has 9 nitrogen and oxygen atoms in total. The predicted molar refractivity (Wildman–Crippen MR) is 136 cm³/mol. The highest BCUT2D eigenvalue weighted by Crippen LogP contribution is 2.36. The van der Waals surface area contributed by atoms with Gasteiger partial charge in [-0.2, -0.15) is 0 Å². The number of nitro groups is 1. The molecule has 0 saturated carbocycles. The quantitative estimate of drug-likeness (QED) is 0.300. The van der Waals surface area contributed by atoms with Gasteiger partial charge in [-0.15, -0.1) is 11.3 Å². The number of nitrogens with one attached hydrogen (secondary N) is 1. The number of rotatable bonds is 6. The van der Waals surface area contributed by atoms with Crippen molar-refractivity contribution in [3.05, 3.63) is 76.3 Å². The second kappa shape index (κ2) is 9.69. The number of non-ortho nitro benzene ring substituents is 1. The Morgan fingerprint density at radius 2 is 1.94 bits per heavy atom. The molecular formula is C25H22N4O5S. The zero-order valence-electron chi connectivity index (χ0n) is 18.9. The highest BCUT2D eigenvalue weighted by molar-refractivity contribution is 7.21. The summed E-state index contributed by atoms with van der Waals surface area (Å²) in [7, 11) is 1.52. The first-order valence-corrected chi connectivity index (χ1v) is 11.8. The van der Waals surface area contributed by atoms with Crippen molar-refractivity contribution in [3.8, 4) is 16.3 Å². The minimum absolute atomic E-state index is 0.151. The number of carbonyl (C=O) groups excluding carboxylic acids is 1. The number of hydrogen-bond acceptors (Lipinski definition) is 8. The van der Waals surface area contributed by atoms with Gasteiger partial charge in [0, 0.05) is 30.8 Å². The Kier molecular flexibility index (Phi) is 6.30. The molecule has 1 N–H and O–H groups in total. The Morgan fingerprint density at radius 3 is 2.69 bits per heavy atom. The van der Waals surface area contributed by atoms with Crippen molar-refractivity contribution in [2.24, 2.45) is 0 Å². The monoisotopic (exact) mass is 490 g/mol. The van der Waals surface area contributed by atoms with Crippen molar-refractivity contribution in [2.75, 3.05) is 43.6 Å². The number of anilines is 2. The van der Waals surface area contributed by atoms with Gasteiger partial charge in [0.1, 0.15) is 10.8 Å². The van der Waals surface area contributed by atoms with Gasteiger partial charge in [0.2, 0.25) is 0 Å². The summed E-state index contributed by atoms with van der Waals surface area (Å²) < 4.78 is 12.0. The molecule has 5 rings (SSSR count). The van der Waals surface area contributed by atoms with Gasteiger partial charge in [-0.1, -0.05) is 12.1 Å². The number of benzene rings is 3. The molecule has 178 valence electrons. The summed E-state index contributed by atoms with van der Waals surface area (Å²) in [6.07, 6.45) is 0. The number of hydrogen-bond donors (Lipinski definition) is 1. The maximum Gasteiger partial charge on any atom is 0.270 e. The number of nitrogens with zero attached hydrogens (tertiary/aromatic N) is 3. The topological polar surface area (TPSA) is 107 Å². The lowest BCUT2D eigenvalue weighted by atomic mass is 10.1. The Balaban J connectivity index is 1.50. The minimum atomic E-state index is -0.506. The summed E-state index contributed by atoms with van der Waals surface area (Å²) in [5, 5.41) is 15.1. The maximum absolute atomic E-state index is 13.4. The summed E-state index contributed by atoms with van der Waals surface area (Å²) >= 11 is 1.56. The number of ether oxygens (including phenoxy) is 2. The molecule has 1 saturated heterocycles. The molecule has 10 heteroatoms. The average molecular weight is 491 g/mol. The number of para-hydroxylation sites is 1. The first-order chi connectivity index (χ1) is 17.0. The van der Waals surface area contributed by atoms with Crippen molar-refractivity contribution in [1.29, 1.82) is 0 Å². The van der Waals surface area contributed by atoms with Crippen LogP contribution in [0.2, 0.25) is 0 Å². The van der Waals surface area contributed by atoms with Crippen LogP contribution in [-0.4, -0.2) is 49.2 Å². The number of morpholine rings is 1. The van der Waals surface area contributed by atoms with E-state index in [4.69, 9.17) is 14.5 Å². The second-order valence-electron chi connectivity index (χ2n) is 7.91. The first-order valence-electron chi connectivity index (χ1n) is 11.0. The standard InChI is InChI=1S/C25H22N4O5S/c1-33-22-9-6-16(25-27-19-4-2-3-5-23(19)35-25)14-20(22)26-24(30)18-15-17(29(31)32)7-8-21(18)28-10-12-34-13-11-28/h2-9,14-15H,10-13H2,1H3,(H,26,30). The van der Waals surface area contributed by atoms with Crippen LogP contribution in [0.25, 0.3) is 20.8 Å². The van der Waals surface area contributed by atoms with E-state index in [-0.39, 0.29) is 11.3 Å². The van der Waals surface area contributed by atoms with Gasteiger partial charge < -0.3 is 19.7 Å². The lowest BCUT2D eigenvalue weighted by Crippen LogP contribution is -2.37. The van der Waals surface area contributed by atoms with Gasteiger partial charge in [-0.3, -0.25) is 14.9 Å². The predicted octanol–water partition coefficient (Wildman–Crippen LogP) is 4.97. The molecule has 2 heterocycles. The molecule has 0 bridgehead atoms. The van der Waals surface area contributed by atoms with Crippen LogP contribution in [0.1, 0.15) is 10.4 Å². The maximum atomic E-state index is 13.4. The van der Waals surface area contributed by atoms with Crippen LogP contribution in [0.4, 0.5) is 17.1 Å². The third-order valence-corrected chi connectivity index (χ3v) is 6.86. The molecule has 0 atom stereocenters. The van der Waals surface area contributed by atoms with Crippen LogP contribution < -0.4 is 15.0 Å². The van der Waals surface area contributed by atoms with Gasteiger partial charge in [0.15, 0.2) is 0 Å². The van der Waals surface area contributed by atoms with E-state index in [0.29, 0.717) is 43.4 Å². The number of fused-ring (bicyclic) bond motifs is 1. The normalized spacial score (nSPS) is 13.6. The molecule has 0 aliphatic carbocycles. The fraction of sp³-hybridized carbons (Fsp3) is 0.200. The molecule has 1 amide bonds.